The number of nitrogens with zero attached hydrogens (tertiary/aromatic N) is 2. The number of aromatic nitrogens is 2. The Balaban J connectivity index is 2.45. The normalized spacial score (nSPS) is 10.4. The van der Waals surface area contributed by atoms with Crippen LogP contribution in [0.15, 0.2) is 30.5 Å². The molecule has 0 bridgehead atoms. The molecule has 0 radical (unpaired) electrons. The van der Waals surface area contributed by atoms with Gasteiger partial charge in [0.2, 0.25) is 5.78 Å². The molecule has 0 N–H and O–H groups in total. The first-order valence-corrected chi connectivity index (χ1v) is 5.27. The minimum atomic E-state index is -0.144. The molecule has 0 spiro atoms. The van der Waals surface area contributed by atoms with Crippen molar-refractivity contribution in [1.82, 2.24) is 9.78 Å². The number of carbonyl (C=O) groups is 1. The van der Waals surface area contributed by atoms with Gasteiger partial charge in [-0.15, -0.1) is 0 Å². The predicted molar refractivity (Wildman–Crippen MR) is 62.8 cm³/mol. The first-order valence-electron chi connectivity index (χ1n) is 4.89. The van der Waals surface area contributed by atoms with Crippen LogP contribution in [0, 0.1) is 6.92 Å². The summed E-state index contributed by atoms with van der Waals surface area (Å²) in [5.74, 6) is -0.144. The minimum Gasteiger partial charge on any atom is -0.287 e. The maximum Gasteiger partial charge on any atom is 0.214 e. The highest BCUT2D eigenvalue weighted by molar-refractivity contribution is 6.35. The van der Waals surface area contributed by atoms with Crippen molar-refractivity contribution in [3.8, 4) is 0 Å². The maximum atomic E-state index is 12.1. The number of hydrogen-bond acceptors (Lipinski definition) is 2. The van der Waals surface area contributed by atoms with Gasteiger partial charge in [-0.05, 0) is 24.6 Å². The van der Waals surface area contributed by atoms with E-state index in [4.69, 9.17) is 11.6 Å². The van der Waals surface area contributed by atoms with Gasteiger partial charge in [0.1, 0.15) is 5.69 Å². The molecule has 2 aromatic rings. The quantitative estimate of drug-likeness (QED) is 0.749. The molecule has 16 heavy (non-hydrogen) atoms. The molecular formula is C12H11ClN2O. The number of benzene rings is 1. The third kappa shape index (κ3) is 1.86. The summed E-state index contributed by atoms with van der Waals surface area (Å²) < 4.78 is 1.59. The highest BCUT2D eigenvalue weighted by Gasteiger charge is 2.15. The zero-order chi connectivity index (χ0) is 11.7. The van der Waals surface area contributed by atoms with Crippen LogP contribution in [0.1, 0.15) is 21.6 Å². The summed E-state index contributed by atoms with van der Waals surface area (Å²) in [6.45, 7) is 1.87. The molecule has 0 saturated heterocycles. The van der Waals surface area contributed by atoms with Gasteiger partial charge in [-0.25, -0.2) is 0 Å². The van der Waals surface area contributed by atoms with Crippen LogP contribution in [0.5, 0.6) is 0 Å². The fourth-order valence-corrected chi connectivity index (χ4v) is 1.71. The van der Waals surface area contributed by atoms with Crippen LogP contribution < -0.4 is 0 Å². The van der Waals surface area contributed by atoms with E-state index in [9.17, 15) is 4.79 Å². The van der Waals surface area contributed by atoms with Gasteiger partial charge in [0, 0.05) is 18.8 Å². The fraction of sp³-hybridized carbons (Fsp3) is 0.167. The second-order valence-electron chi connectivity index (χ2n) is 3.64. The van der Waals surface area contributed by atoms with E-state index in [1.807, 2.05) is 19.1 Å². The molecule has 4 heteroatoms. The van der Waals surface area contributed by atoms with Gasteiger partial charge in [0.15, 0.2) is 0 Å². The minimum absolute atomic E-state index is 0.144. The Morgan fingerprint density at radius 3 is 2.75 bits per heavy atom. The second kappa shape index (κ2) is 4.10. The lowest BCUT2D eigenvalue weighted by Crippen LogP contribution is -2.04. The maximum absolute atomic E-state index is 12.1. The topological polar surface area (TPSA) is 34.9 Å². The zero-order valence-electron chi connectivity index (χ0n) is 9.07. The molecule has 0 unspecified atom stereocenters. The summed E-state index contributed by atoms with van der Waals surface area (Å²) in [6.07, 6.45) is 1.73. The number of carbonyl (C=O) groups excluding carboxylic acids is 1. The molecule has 1 aromatic heterocycles. The summed E-state index contributed by atoms with van der Waals surface area (Å²) in [4.78, 5) is 12.1. The third-order valence-electron chi connectivity index (χ3n) is 2.38. The van der Waals surface area contributed by atoms with Crippen LogP contribution in [0.4, 0.5) is 0 Å². The monoisotopic (exact) mass is 234 g/mol. The zero-order valence-corrected chi connectivity index (χ0v) is 9.82. The van der Waals surface area contributed by atoms with Crippen molar-refractivity contribution in [2.75, 3.05) is 0 Å². The Morgan fingerprint density at radius 2 is 2.12 bits per heavy atom. The Labute approximate surface area is 98.7 Å². The van der Waals surface area contributed by atoms with Crippen molar-refractivity contribution in [3.63, 3.8) is 0 Å². The van der Waals surface area contributed by atoms with Gasteiger partial charge in [0.05, 0.1) is 5.02 Å². The van der Waals surface area contributed by atoms with E-state index >= 15 is 0 Å². The molecule has 0 fully saturated rings. The molecule has 2 rings (SSSR count). The van der Waals surface area contributed by atoms with Crippen LogP contribution in [0.2, 0.25) is 5.02 Å². The Kier molecular flexibility index (Phi) is 2.79. The van der Waals surface area contributed by atoms with Crippen LogP contribution in [0.25, 0.3) is 0 Å². The van der Waals surface area contributed by atoms with Crippen LogP contribution in [-0.4, -0.2) is 15.6 Å². The average molecular weight is 235 g/mol. The molecule has 1 aromatic carbocycles. The SMILES string of the molecule is Cc1cccc(C(=O)c2ccn(C)n2)c1Cl. The summed E-state index contributed by atoms with van der Waals surface area (Å²) in [5, 5.41) is 4.56. The third-order valence-corrected chi connectivity index (χ3v) is 2.88. The molecule has 82 valence electrons. The lowest BCUT2D eigenvalue weighted by molar-refractivity contribution is 0.103. The van der Waals surface area contributed by atoms with Gasteiger partial charge in [-0.1, -0.05) is 23.7 Å². The Hall–Kier alpha value is -1.61. The smallest absolute Gasteiger partial charge is 0.214 e. The van der Waals surface area contributed by atoms with Crippen molar-refractivity contribution in [3.05, 3.63) is 52.3 Å². The van der Waals surface area contributed by atoms with E-state index in [1.165, 1.54) is 0 Å². The van der Waals surface area contributed by atoms with E-state index in [0.717, 1.165) is 5.56 Å². The van der Waals surface area contributed by atoms with Gasteiger partial charge >= 0.3 is 0 Å². The van der Waals surface area contributed by atoms with Crippen molar-refractivity contribution in [1.29, 1.82) is 0 Å². The largest absolute Gasteiger partial charge is 0.287 e. The second-order valence-corrected chi connectivity index (χ2v) is 4.02. The number of ketones is 1. The van der Waals surface area contributed by atoms with E-state index in [1.54, 1.807) is 30.1 Å². The van der Waals surface area contributed by atoms with Crippen molar-refractivity contribution in [2.45, 2.75) is 6.92 Å². The number of hydrogen-bond donors (Lipinski definition) is 0. The first-order chi connectivity index (χ1) is 7.59. The summed E-state index contributed by atoms with van der Waals surface area (Å²) in [5.41, 5.74) is 1.80. The van der Waals surface area contributed by atoms with E-state index in [-0.39, 0.29) is 5.78 Å². The molecule has 0 aliphatic rings. The fourth-order valence-electron chi connectivity index (χ4n) is 1.50. The number of rotatable bonds is 2. The highest BCUT2D eigenvalue weighted by atomic mass is 35.5. The van der Waals surface area contributed by atoms with Gasteiger partial charge in [0.25, 0.3) is 0 Å². The Morgan fingerprint density at radius 1 is 1.38 bits per heavy atom. The van der Waals surface area contributed by atoms with E-state index < -0.39 is 0 Å². The summed E-state index contributed by atoms with van der Waals surface area (Å²) in [7, 11) is 1.77. The molecule has 3 nitrogen and oxygen atoms in total. The van der Waals surface area contributed by atoms with Gasteiger partial charge in [-0.3, -0.25) is 9.48 Å². The summed E-state index contributed by atoms with van der Waals surface area (Å²) >= 11 is 6.09. The molecule has 1 heterocycles. The first kappa shape index (κ1) is 10.9. The van der Waals surface area contributed by atoms with Crippen molar-refractivity contribution >= 4 is 17.4 Å². The van der Waals surface area contributed by atoms with Crippen LogP contribution >= 0.6 is 11.6 Å². The summed E-state index contributed by atoms with van der Waals surface area (Å²) in [6, 6.07) is 7.09. The molecular weight excluding hydrogens is 224 g/mol. The Bertz CT molecular complexity index is 546. The predicted octanol–water partition coefficient (Wildman–Crippen LogP) is 2.61. The lowest BCUT2D eigenvalue weighted by Gasteiger charge is -2.03. The van der Waals surface area contributed by atoms with E-state index in [2.05, 4.69) is 5.10 Å². The number of halogens is 1. The molecule has 0 aliphatic heterocycles. The molecule has 0 aliphatic carbocycles. The van der Waals surface area contributed by atoms with E-state index in [0.29, 0.717) is 16.3 Å². The standard InChI is InChI=1S/C12H11ClN2O/c1-8-4-3-5-9(11(8)13)12(16)10-6-7-15(2)14-10/h3-7H,1-2H3. The van der Waals surface area contributed by atoms with Gasteiger partial charge in [-0.2, -0.15) is 5.10 Å². The van der Waals surface area contributed by atoms with Crippen LogP contribution in [0.3, 0.4) is 0 Å². The van der Waals surface area contributed by atoms with Crippen molar-refractivity contribution in [2.24, 2.45) is 7.05 Å². The molecule has 0 amide bonds. The molecule has 0 atom stereocenters. The van der Waals surface area contributed by atoms with Gasteiger partial charge < -0.3 is 0 Å². The number of aryl methyl sites for hydroxylation is 2. The average Bonchev–Trinajstić information content (AvgIpc) is 2.68. The lowest BCUT2D eigenvalue weighted by atomic mass is 10.1. The molecule has 0 saturated carbocycles. The van der Waals surface area contributed by atoms with Crippen molar-refractivity contribution < 1.29 is 4.79 Å². The highest BCUT2D eigenvalue weighted by Crippen LogP contribution is 2.22. The van der Waals surface area contributed by atoms with Crippen LogP contribution in [-0.2, 0) is 7.05 Å².